The molecule has 122 valence electrons. The second-order valence-corrected chi connectivity index (χ2v) is 5.20. The van der Waals surface area contributed by atoms with Gasteiger partial charge < -0.3 is 23.9 Å². The zero-order valence-corrected chi connectivity index (χ0v) is 13.0. The van der Waals surface area contributed by atoms with E-state index in [-0.39, 0.29) is 17.4 Å². The molecule has 2 aromatic rings. The van der Waals surface area contributed by atoms with Crippen LogP contribution in [-0.4, -0.2) is 48.1 Å². The maximum Gasteiger partial charge on any atom is 0.340 e. The maximum absolute atomic E-state index is 11.8. The highest BCUT2D eigenvalue weighted by molar-refractivity contribution is 5.99. The Morgan fingerprint density at radius 1 is 1.39 bits per heavy atom. The lowest BCUT2D eigenvalue weighted by atomic mass is 10.0. The summed E-state index contributed by atoms with van der Waals surface area (Å²) in [6.45, 7) is 1.29. The van der Waals surface area contributed by atoms with Gasteiger partial charge in [0.2, 0.25) is 0 Å². The molecule has 1 saturated heterocycles. The van der Waals surface area contributed by atoms with Crippen LogP contribution in [0.15, 0.2) is 24.5 Å². The molecule has 1 unspecified atom stereocenters. The predicted molar refractivity (Wildman–Crippen MR) is 82.2 cm³/mol. The molecule has 1 atom stereocenters. The summed E-state index contributed by atoms with van der Waals surface area (Å²) in [5.74, 6) is 0.0532. The highest BCUT2D eigenvalue weighted by Gasteiger charge is 2.26. The highest BCUT2D eigenvalue weighted by Crippen LogP contribution is 2.38. The van der Waals surface area contributed by atoms with Gasteiger partial charge >= 0.3 is 5.97 Å². The number of carbonyl (C=O) groups is 1. The lowest BCUT2D eigenvalue weighted by Crippen LogP contribution is -2.12. The molecule has 0 amide bonds. The summed E-state index contributed by atoms with van der Waals surface area (Å²) in [6, 6.07) is 3.53. The number of benzene rings is 1. The minimum absolute atomic E-state index is 0.0400. The van der Waals surface area contributed by atoms with Crippen LogP contribution in [0.5, 0.6) is 11.5 Å². The number of carboxylic acid groups (broad SMARTS) is 1. The number of aromatic carboxylic acids is 1. The Morgan fingerprint density at radius 2 is 2.22 bits per heavy atom. The first kappa shape index (κ1) is 15.4. The van der Waals surface area contributed by atoms with Crippen LogP contribution in [-0.2, 0) is 4.74 Å². The van der Waals surface area contributed by atoms with E-state index in [2.05, 4.69) is 4.98 Å². The van der Waals surface area contributed by atoms with Crippen molar-refractivity contribution in [2.45, 2.75) is 12.5 Å². The van der Waals surface area contributed by atoms with Gasteiger partial charge in [-0.05, 0) is 18.6 Å². The molecule has 1 aliphatic heterocycles. The molecule has 0 spiro atoms. The van der Waals surface area contributed by atoms with Crippen LogP contribution in [0.3, 0.4) is 0 Å². The number of methoxy groups -OCH3 is 2. The van der Waals surface area contributed by atoms with Gasteiger partial charge in [0.15, 0.2) is 11.5 Å². The topological polar surface area (TPSA) is 82.8 Å². The minimum atomic E-state index is -1.09. The van der Waals surface area contributed by atoms with Crippen LogP contribution in [0, 0.1) is 0 Å². The lowest BCUT2D eigenvalue weighted by molar-refractivity contribution is 0.0693. The highest BCUT2D eigenvalue weighted by atomic mass is 16.5. The van der Waals surface area contributed by atoms with E-state index < -0.39 is 5.97 Å². The molecule has 23 heavy (non-hydrogen) atoms. The standard InChI is InChI=1S/C16H18N2O5/c1-21-12-4-3-11(13(16(19)20)14(12)22-2)15-17-6-7-18(15)10-5-8-23-9-10/h3-4,6-7,10H,5,8-9H2,1-2H3,(H,19,20). The predicted octanol–water partition coefficient (Wildman–Crippen LogP) is 2.23. The van der Waals surface area contributed by atoms with E-state index in [0.717, 1.165) is 6.42 Å². The van der Waals surface area contributed by atoms with Crippen molar-refractivity contribution >= 4 is 5.97 Å². The fourth-order valence-electron chi connectivity index (χ4n) is 2.88. The van der Waals surface area contributed by atoms with Gasteiger partial charge in [0.25, 0.3) is 0 Å². The maximum atomic E-state index is 11.8. The van der Waals surface area contributed by atoms with Crippen molar-refractivity contribution in [3.8, 4) is 22.9 Å². The number of ether oxygens (including phenoxy) is 3. The van der Waals surface area contributed by atoms with E-state index in [1.165, 1.54) is 14.2 Å². The zero-order chi connectivity index (χ0) is 16.4. The monoisotopic (exact) mass is 318 g/mol. The number of hydrogen-bond donors (Lipinski definition) is 1. The van der Waals surface area contributed by atoms with Crippen molar-refractivity contribution in [1.82, 2.24) is 9.55 Å². The number of carboxylic acids is 1. The van der Waals surface area contributed by atoms with Crippen LogP contribution >= 0.6 is 0 Å². The average molecular weight is 318 g/mol. The summed E-state index contributed by atoms with van der Waals surface area (Å²) in [5, 5.41) is 9.66. The van der Waals surface area contributed by atoms with Crippen molar-refractivity contribution in [1.29, 1.82) is 0 Å². The van der Waals surface area contributed by atoms with Gasteiger partial charge in [0.05, 0.1) is 26.9 Å². The molecule has 2 heterocycles. The number of imidazole rings is 1. The molecule has 1 aliphatic rings. The molecule has 0 saturated carbocycles. The third-order valence-corrected chi connectivity index (χ3v) is 3.97. The van der Waals surface area contributed by atoms with Crippen LogP contribution in [0.1, 0.15) is 22.8 Å². The van der Waals surface area contributed by atoms with Gasteiger partial charge in [0, 0.05) is 24.6 Å². The summed E-state index contributed by atoms with van der Waals surface area (Å²) >= 11 is 0. The molecule has 1 N–H and O–H groups in total. The Labute approximate surface area is 133 Å². The fraction of sp³-hybridized carbons (Fsp3) is 0.375. The Hall–Kier alpha value is -2.54. The molecule has 1 fully saturated rings. The molecule has 3 rings (SSSR count). The van der Waals surface area contributed by atoms with E-state index in [9.17, 15) is 9.90 Å². The third kappa shape index (κ3) is 2.63. The molecular weight excluding hydrogens is 300 g/mol. The summed E-state index contributed by atoms with van der Waals surface area (Å²) in [6.07, 6.45) is 4.38. The molecular formula is C16H18N2O5. The van der Waals surface area contributed by atoms with E-state index in [4.69, 9.17) is 14.2 Å². The average Bonchev–Trinajstić information content (AvgIpc) is 3.23. The number of hydrogen-bond acceptors (Lipinski definition) is 5. The van der Waals surface area contributed by atoms with E-state index in [1.807, 2.05) is 10.8 Å². The van der Waals surface area contributed by atoms with Crippen molar-refractivity contribution in [2.24, 2.45) is 0 Å². The van der Waals surface area contributed by atoms with Gasteiger partial charge in [-0.3, -0.25) is 0 Å². The second-order valence-electron chi connectivity index (χ2n) is 5.20. The van der Waals surface area contributed by atoms with Crippen LogP contribution in [0.2, 0.25) is 0 Å². The van der Waals surface area contributed by atoms with Crippen LogP contribution in [0.25, 0.3) is 11.4 Å². The lowest BCUT2D eigenvalue weighted by Gasteiger charge is -2.17. The van der Waals surface area contributed by atoms with E-state index in [0.29, 0.717) is 30.4 Å². The summed E-state index contributed by atoms with van der Waals surface area (Å²) in [7, 11) is 2.89. The number of aromatic nitrogens is 2. The Bertz CT molecular complexity index is 719. The number of rotatable bonds is 5. The van der Waals surface area contributed by atoms with Crippen molar-refractivity contribution < 1.29 is 24.1 Å². The Morgan fingerprint density at radius 3 is 2.83 bits per heavy atom. The molecule has 0 aliphatic carbocycles. The summed E-state index contributed by atoms with van der Waals surface area (Å²) < 4.78 is 17.8. The van der Waals surface area contributed by atoms with Crippen LogP contribution < -0.4 is 9.47 Å². The molecule has 1 aromatic heterocycles. The van der Waals surface area contributed by atoms with Gasteiger partial charge in [-0.25, -0.2) is 9.78 Å². The fourth-order valence-corrected chi connectivity index (χ4v) is 2.88. The molecule has 0 radical (unpaired) electrons. The van der Waals surface area contributed by atoms with Crippen molar-refractivity contribution in [3.05, 3.63) is 30.1 Å². The normalized spacial score (nSPS) is 17.2. The van der Waals surface area contributed by atoms with Crippen LogP contribution in [0.4, 0.5) is 0 Å². The largest absolute Gasteiger partial charge is 0.493 e. The SMILES string of the molecule is COc1ccc(-c2nccn2C2CCOC2)c(C(=O)O)c1OC. The summed E-state index contributed by atoms with van der Waals surface area (Å²) in [4.78, 5) is 16.2. The quantitative estimate of drug-likeness (QED) is 0.910. The summed E-state index contributed by atoms with van der Waals surface area (Å²) in [5.41, 5.74) is 0.533. The van der Waals surface area contributed by atoms with E-state index >= 15 is 0 Å². The van der Waals surface area contributed by atoms with Gasteiger partial charge in [0.1, 0.15) is 11.4 Å². The first-order valence-electron chi connectivity index (χ1n) is 7.26. The minimum Gasteiger partial charge on any atom is -0.493 e. The van der Waals surface area contributed by atoms with E-state index in [1.54, 1.807) is 18.3 Å². The van der Waals surface area contributed by atoms with Gasteiger partial charge in [-0.1, -0.05) is 0 Å². The molecule has 0 bridgehead atoms. The molecule has 7 nitrogen and oxygen atoms in total. The molecule has 7 heteroatoms. The Balaban J connectivity index is 2.17. The number of nitrogens with zero attached hydrogens (tertiary/aromatic N) is 2. The van der Waals surface area contributed by atoms with Gasteiger partial charge in [-0.15, -0.1) is 0 Å². The van der Waals surface area contributed by atoms with Crippen molar-refractivity contribution in [3.63, 3.8) is 0 Å². The first-order chi connectivity index (χ1) is 11.2. The zero-order valence-electron chi connectivity index (χ0n) is 13.0. The first-order valence-corrected chi connectivity index (χ1v) is 7.26. The van der Waals surface area contributed by atoms with Gasteiger partial charge in [-0.2, -0.15) is 0 Å². The second kappa shape index (κ2) is 6.29. The Kier molecular flexibility index (Phi) is 4.20. The smallest absolute Gasteiger partial charge is 0.340 e. The van der Waals surface area contributed by atoms with Crippen molar-refractivity contribution in [2.75, 3.05) is 27.4 Å². The molecule has 1 aromatic carbocycles. The third-order valence-electron chi connectivity index (χ3n) is 3.97.